The average molecular weight is 330 g/mol. The van der Waals surface area contributed by atoms with Crippen molar-refractivity contribution in [1.29, 1.82) is 0 Å². The Morgan fingerprint density at radius 2 is 2.00 bits per heavy atom. The van der Waals surface area contributed by atoms with Crippen molar-refractivity contribution in [2.75, 3.05) is 5.73 Å². The first kappa shape index (κ1) is 13.2. The Kier molecular flexibility index (Phi) is 3.49. The van der Waals surface area contributed by atoms with E-state index in [0.29, 0.717) is 0 Å². The second-order valence-corrected chi connectivity index (χ2v) is 5.67. The first-order chi connectivity index (χ1) is 9.70. The van der Waals surface area contributed by atoms with Gasteiger partial charge in [0.15, 0.2) is 0 Å². The lowest BCUT2D eigenvalue weighted by molar-refractivity contribution is 0.704. The predicted octanol–water partition coefficient (Wildman–Crippen LogP) is 4.46. The van der Waals surface area contributed by atoms with Crippen LogP contribution in [-0.2, 0) is 6.54 Å². The summed E-state index contributed by atoms with van der Waals surface area (Å²) in [4.78, 5) is 4.78. The van der Waals surface area contributed by atoms with Crippen LogP contribution in [0.2, 0.25) is 0 Å². The summed E-state index contributed by atoms with van der Waals surface area (Å²) in [7, 11) is 0. The van der Waals surface area contributed by atoms with E-state index in [0.717, 1.165) is 40.0 Å². The highest BCUT2D eigenvalue weighted by Gasteiger charge is 2.14. The van der Waals surface area contributed by atoms with Gasteiger partial charge in [0.2, 0.25) is 0 Å². The van der Waals surface area contributed by atoms with Crippen LogP contribution in [0.4, 0.5) is 5.69 Å². The van der Waals surface area contributed by atoms with Crippen LogP contribution in [-0.4, -0.2) is 9.55 Å². The molecule has 3 rings (SSSR count). The van der Waals surface area contributed by atoms with Gasteiger partial charge in [-0.2, -0.15) is 0 Å². The molecule has 0 aliphatic carbocycles. The van der Waals surface area contributed by atoms with Gasteiger partial charge in [0.1, 0.15) is 5.82 Å². The molecule has 0 aliphatic heterocycles. The molecule has 0 unspecified atom stereocenters. The third-order valence-corrected chi connectivity index (χ3v) is 4.02. The number of anilines is 1. The van der Waals surface area contributed by atoms with Crippen molar-refractivity contribution in [2.24, 2.45) is 0 Å². The molecule has 0 bridgehead atoms. The molecule has 2 aromatic carbocycles. The lowest BCUT2D eigenvalue weighted by Gasteiger charge is -2.10. The van der Waals surface area contributed by atoms with Crippen LogP contribution in [0.15, 0.2) is 46.9 Å². The molecule has 0 aliphatic rings. The number of hydrogen-bond donors (Lipinski definition) is 1. The fraction of sp³-hybridized carbons (Fsp3) is 0.188. The van der Waals surface area contributed by atoms with Gasteiger partial charge in [0.05, 0.1) is 11.0 Å². The minimum atomic E-state index is 0.748. The van der Waals surface area contributed by atoms with Crippen LogP contribution >= 0.6 is 15.9 Å². The Labute approximate surface area is 126 Å². The molecule has 3 nitrogen and oxygen atoms in total. The molecule has 1 aromatic heterocycles. The van der Waals surface area contributed by atoms with Gasteiger partial charge >= 0.3 is 0 Å². The van der Waals surface area contributed by atoms with E-state index in [1.54, 1.807) is 0 Å². The van der Waals surface area contributed by atoms with Gasteiger partial charge in [0.25, 0.3) is 0 Å². The molecule has 3 aromatic rings. The minimum Gasteiger partial charge on any atom is -0.399 e. The molecule has 0 saturated heterocycles. The van der Waals surface area contributed by atoms with Crippen LogP contribution in [0.25, 0.3) is 22.4 Å². The van der Waals surface area contributed by atoms with E-state index in [1.165, 1.54) is 5.52 Å². The molecule has 0 amide bonds. The van der Waals surface area contributed by atoms with Crippen LogP contribution in [0.3, 0.4) is 0 Å². The van der Waals surface area contributed by atoms with Crippen molar-refractivity contribution in [3.63, 3.8) is 0 Å². The maximum absolute atomic E-state index is 5.93. The molecule has 102 valence electrons. The molecule has 0 radical (unpaired) electrons. The maximum atomic E-state index is 5.93. The number of nitrogen functional groups attached to an aromatic ring is 1. The third-order valence-electron chi connectivity index (χ3n) is 3.33. The topological polar surface area (TPSA) is 43.8 Å². The number of nitrogens with two attached hydrogens (primary N) is 1. The fourth-order valence-electron chi connectivity index (χ4n) is 2.45. The fourth-order valence-corrected chi connectivity index (χ4v) is 2.87. The van der Waals surface area contributed by atoms with E-state index < -0.39 is 0 Å². The van der Waals surface area contributed by atoms with Crippen LogP contribution in [0.1, 0.15) is 13.3 Å². The first-order valence-electron chi connectivity index (χ1n) is 6.71. The summed E-state index contributed by atoms with van der Waals surface area (Å²) in [6.45, 7) is 3.12. The van der Waals surface area contributed by atoms with E-state index >= 15 is 0 Å². The van der Waals surface area contributed by atoms with E-state index in [9.17, 15) is 0 Å². The smallest absolute Gasteiger partial charge is 0.142 e. The Hall–Kier alpha value is -1.81. The summed E-state index contributed by atoms with van der Waals surface area (Å²) in [5.41, 5.74) is 9.89. The molecular weight excluding hydrogens is 314 g/mol. The number of halogens is 1. The standard InChI is InChI=1S/C16H16BrN3/c1-2-9-20-15-6-4-3-5-14(15)19-16(20)12-10-11(18)7-8-13(12)17/h3-8,10H,2,9,18H2,1H3. The Morgan fingerprint density at radius 1 is 1.20 bits per heavy atom. The minimum absolute atomic E-state index is 0.748. The van der Waals surface area contributed by atoms with E-state index in [1.807, 2.05) is 36.4 Å². The highest BCUT2D eigenvalue weighted by atomic mass is 79.9. The van der Waals surface area contributed by atoms with Gasteiger partial charge in [-0.3, -0.25) is 0 Å². The molecule has 1 heterocycles. The number of benzene rings is 2. The second-order valence-electron chi connectivity index (χ2n) is 4.82. The van der Waals surface area contributed by atoms with Gasteiger partial charge in [-0.05, 0) is 36.8 Å². The van der Waals surface area contributed by atoms with Gasteiger partial charge in [0, 0.05) is 22.3 Å². The summed E-state index contributed by atoms with van der Waals surface area (Å²) < 4.78 is 3.27. The number of para-hydroxylation sites is 2. The van der Waals surface area contributed by atoms with Crippen LogP contribution in [0, 0.1) is 0 Å². The zero-order valence-electron chi connectivity index (χ0n) is 11.3. The molecule has 20 heavy (non-hydrogen) atoms. The zero-order valence-corrected chi connectivity index (χ0v) is 12.9. The van der Waals surface area contributed by atoms with Crippen molar-refractivity contribution in [3.05, 3.63) is 46.9 Å². The van der Waals surface area contributed by atoms with Crippen molar-refractivity contribution in [1.82, 2.24) is 9.55 Å². The second kappa shape index (κ2) is 5.29. The Balaban J connectivity index is 2.29. The van der Waals surface area contributed by atoms with Crippen molar-refractivity contribution >= 4 is 32.7 Å². The summed E-state index contributed by atoms with van der Waals surface area (Å²) in [5, 5.41) is 0. The molecule has 0 fully saturated rings. The number of imidazole rings is 1. The van der Waals surface area contributed by atoms with E-state index in [-0.39, 0.29) is 0 Å². The molecule has 4 heteroatoms. The SMILES string of the molecule is CCCn1c(-c2cc(N)ccc2Br)nc2ccccc21. The monoisotopic (exact) mass is 329 g/mol. The highest BCUT2D eigenvalue weighted by molar-refractivity contribution is 9.10. The van der Waals surface area contributed by atoms with Gasteiger partial charge < -0.3 is 10.3 Å². The maximum Gasteiger partial charge on any atom is 0.142 e. The summed E-state index contributed by atoms with van der Waals surface area (Å²) in [6, 6.07) is 14.1. The number of fused-ring (bicyclic) bond motifs is 1. The number of aryl methyl sites for hydroxylation is 1. The average Bonchev–Trinajstić information content (AvgIpc) is 2.81. The summed E-state index contributed by atoms with van der Waals surface area (Å²) in [6.07, 6.45) is 1.06. The highest BCUT2D eigenvalue weighted by Crippen LogP contribution is 2.32. The number of aromatic nitrogens is 2. The molecule has 2 N–H and O–H groups in total. The van der Waals surface area contributed by atoms with Crippen molar-refractivity contribution in [2.45, 2.75) is 19.9 Å². The van der Waals surface area contributed by atoms with E-state index in [2.05, 4.69) is 33.5 Å². The van der Waals surface area contributed by atoms with Crippen LogP contribution in [0.5, 0.6) is 0 Å². The van der Waals surface area contributed by atoms with Crippen LogP contribution < -0.4 is 5.73 Å². The number of rotatable bonds is 3. The number of nitrogens with zero attached hydrogens (tertiary/aromatic N) is 2. The quantitative estimate of drug-likeness (QED) is 0.721. The molecule has 0 atom stereocenters. The predicted molar refractivity (Wildman–Crippen MR) is 87.6 cm³/mol. The molecule has 0 saturated carbocycles. The van der Waals surface area contributed by atoms with Gasteiger partial charge in [-0.15, -0.1) is 0 Å². The lowest BCUT2D eigenvalue weighted by atomic mass is 10.2. The Bertz CT molecular complexity index is 762. The Morgan fingerprint density at radius 3 is 2.80 bits per heavy atom. The summed E-state index contributed by atoms with van der Waals surface area (Å²) >= 11 is 3.60. The normalized spacial score (nSPS) is 11.1. The first-order valence-corrected chi connectivity index (χ1v) is 7.50. The number of hydrogen-bond acceptors (Lipinski definition) is 2. The molecular formula is C16H16BrN3. The largest absolute Gasteiger partial charge is 0.399 e. The van der Waals surface area contributed by atoms with Gasteiger partial charge in [-0.1, -0.05) is 35.0 Å². The molecule has 0 spiro atoms. The van der Waals surface area contributed by atoms with Crippen molar-refractivity contribution < 1.29 is 0 Å². The van der Waals surface area contributed by atoms with Crippen molar-refractivity contribution in [3.8, 4) is 11.4 Å². The summed E-state index contributed by atoms with van der Waals surface area (Å²) in [5.74, 6) is 0.965. The lowest BCUT2D eigenvalue weighted by Crippen LogP contribution is -2.00. The van der Waals surface area contributed by atoms with Gasteiger partial charge in [-0.25, -0.2) is 4.98 Å². The van der Waals surface area contributed by atoms with E-state index in [4.69, 9.17) is 10.7 Å². The zero-order chi connectivity index (χ0) is 14.1. The third kappa shape index (κ3) is 2.20.